The van der Waals surface area contributed by atoms with Crippen LogP contribution in [0, 0.1) is 0 Å². The van der Waals surface area contributed by atoms with Gasteiger partial charge >= 0.3 is 5.97 Å². The van der Waals surface area contributed by atoms with Gasteiger partial charge in [0.15, 0.2) is 0 Å². The van der Waals surface area contributed by atoms with Crippen LogP contribution in [0.15, 0.2) is 0 Å². The zero-order valence-corrected chi connectivity index (χ0v) is 18.5. The molecule has 0 radical (unpaired) electrons. The van der Waals surface area contributed by atoms with Gasteiger partial charge in [0.1, 0.15) is 16.5 Å². The number of hydrogen-bond donors (Lipinski definition) is 0. The molecule has 0 fully saturated rings. The first-order valence-electron chi connectivity index (χ1n) is 7.07. The predicted molar refractivity (Wildman–Crippen MR) is 92.9 cm³/mol. The van der Waals surface area contributed by atoms with Gasteiger partial charge in [-0.2, -0.15) is 0 Å². The van der Waals surface area contributed by atoms with Crippen LogP contribution < -0.4 is 0 Å². The lowest BCUT2D eigenvalue weighted by Crippen LogP contribution is -2.65. The Hall–Kier alpha value is 0.0806. The van der Waals surface area contributed by atoms with Crippen molar-refractivity contribution in [3.63, 3.8) is 0 Å². The highest BCUT2D eigenvalue weighted by molar-refractivity contribution is 6.89. The molecule has 0 heterocycles. The third-order valence-electron chi connectivity index (χ3n) is 3.04. The maximum absolute atomic E-state index is 12.3. The molecule has 0 aliphatic carbocycles. The summed E-state index contributed by atoms with van der Waals surface area (Å²) in [6.45, 7) is 18.5. The normalized spacial score (nSPS) is 15.7. The number of carbonyl (C=O) groups excluding carboxylic acids is 1. The molecule has 114 valence electrons. The lowest BCUT2D eigenvalue weighted by molar-refractivity contribution is -0.144. The van der Waals surface area contributed by atoms with E-state index in [9.17, 15) is 4.79 Å². The molecule has 0 spiro atoms. The van der Waals surface area contributed by atoms with Crippen molar-refractivity contribution >= 4 is 32.7 Å². The molecule has 0 saturated carbocycles. The minimum atomic E-state index is -1.55. The lowest BCUT2D eigenvalue weighted by atomic mass is 10.0. The highest BCUT2D eigenvalue weighted by Crippen LogP contribution is 2.33. The molecule has 6 heteroatoms. The van der Waals surface area contributed by atoms with Crippen LogP contribution in [-0.4, -0.2) is 50.1 Å². The maximum atomic E-state index is 12.3. The van der Waals surface area contributed by atoms with Gasteiger partial charge in [-0.1, -0.05) is 53.1 Å². The van der Waals surface area contributed by atoms with Crippen molar-refractivity contribution in [2.75, 3.05) is 7.11 Å². The molecule has 19 heavy (non-hydrogen) atoms. The Labute approximate surface area is 124 Å². The Morgan fingerprint density at radius 3 is 1.74 bits per heavy atom. The first-order valence-corrected chi connectivity index (χ1v) is 15.0. The van der Waals surface area contributed by atoms with E-state index in [0.717, 1.165) is 16.7 Å². The zero-order valence-electron chi connectivity index (χ0n) is 14.5. The molecule has 0 amide bonds. The summed E-state index contributed by atoms with van der Waals surface area (Å²) in [5.74, 6) is -0.0474. The van der Waals surface area contributed by atoms with Crippen LogP contribution in [0.3, 0.4) is 0 Å². The van der Waals surface area contributed by atoms with E-state index >= 15 is 0 Å². The summed E-state index contributed by atoms with van der Waals surface area (Å²) < 4.78 is 7.68. The van der Waals surface area contributed by atoms with Gasteiger partial charge in [0, 0.05) is 10.2 Å². The van der Waals surface area contributed by atoms with Crippen molar-refractivity contribution in [3.05, 3.63) is 0 Å². The Morgan fingerprint density at radius 1 is 1.16 bits per heavy atom. The number of hydrogen-bond acceptors (Lipinski definition) is 3. The number of ether oxygens (including phenoxy) is 1. The van der Waals surface area contributed by atoms with E-state index in [0.29, 0.717) is 0 Å². The van der Waals surface area contributed by atoms with Crippen LogP contribution in [0.4, 0.5) is 0 Å². The molecule has 1 atom stereocenters. The smallest absolute Gasteiger partial charge is 0.321 e. The van der Waals surface area contributed by atoms with Crippen LogP contribution in [-0.2, 0) is 9.53 Å². The average Bonchev–Trinajstić information content (AvgIpc) is 2.08. The first-order chi connectivity index (χ1) is 8.20. The van der Waals surface area contributed by atoms with Crippen molar-refractivity contribution in [2.24, 2.45) is 0 Å². The molecule has 0 aromatic rings. The van der Waals surface area contributed by atoms with E-state index in [1.54, 1.807) is 0 Å². The highest BCUT2D eigenvalue weighted by Gasteiger charge is 2.43. The van der Waals surface area contributed by atoms with E-state index in [2.05, 4.69) is 57.4 Å². The Morgan fingerprint density at radius 2 is 1.53 bits per heavy atom. The second-order valence-corrected chi connectivity index (χ2v) is 21.3. The minimum absolute atomic E-state index is 0.0474. The fourth-order valence-electron chi connectivity index (χ4n) is 2.94. The second-order valence-electron chi connectivity index (χ2n) is 8.52. The summed E-state index contributed by atoms with van der Waals surface area (Å²) in [7, 11) is -0.503. The molecule has 0 aromatic heterocycles. The average molecular weight is 320 g/mol. The molecule has 0 bridgehead atoms. The summed E-state index contributed by atoms with van der Waals surface area (Å²) in [5, 5.41) is 0.260. The van der Waals surface area contributed by atoms with Crippen molar-refractivity contribution in [3.8, 4) is 0 Å². The van der Waals surface area contributed by atoms with Crippen molar-refractivity contribution in [2.45, 2.75) is 70.6 Å². The number of esters is 1. The number of rotatable bonds is 6. The van der Waals surface area contributed by atoms with E-state index in [1.165, 1.54) is 7.11 Å². The van der Waals surface area contributed by atoms with Gasteiger partial charge in [0.05, 0.1) is 13.2 Å². The lowest BCUT2D eigenvalue weighted by Gasteiger charge is -2.48. The van der Waals surface area contributed by atoms with Crippen LogP contribution in [0.25, 0.3) is 0 Å². The van der Waals surface area contributed by atoms with E-state index in [1.807, 2.05) is 0 Å². The summed E-state index contributed by atoms with van der Waals surface area (Å²) in [4.78, 5) is 12.3. The summed E-state index contributed by atoms with van der Waals surface area (Å²) in [6.07, 6.45) is 0.917. The molecule has 0 aliphatic rings. The molecule has 0 aromatic carbocycles. The maximum Gasteiger partial charge on any atom is 0.321 e. The number of methoxy groups -OCH3 is 1. The summed E-state index contributed by atoms with van der Waals surface area (Å²) >= 11 is 0. The van der Waals surface area contributed by atoms with Gasteiger partial charge in [-0.15, -0.1) is 0 Å². The molecule has 3 nitrogen and oxygen atoms in total. The molecule has 1 unspecified atom stereocenters. The van der Waals surface area contributed by atoms with E-state index in [-0.39, 0.29) is 17.0 Å². The topological polar surface area (TPSA) is 29.5 Å². The van der Waals surface area contributed by atoms with Crippen molar-refractivity contribution < 1.29 is 9.53 Å². The molecular weight excluding hydrogens is 286 g/mol. The largest absolute Gasteiger partial charge is 0.468 e. The van der Waals surface area contributed by atoms with Gasteiger partial charge in [0.25, 0.3) is 0 Å². The van der Waals surface area contributed by atoms with Gasteiger partial charge < -0.3 is 8.97 Å². The quantitative estimate of drug-likeness (QED) is 0.556. The Kier molecular flexibility index (Phi) is 6.26. The van der Waals surface area contributed by atoms with E-state index < -0.39 is 16.5 Å². The van der Waals surface area contributed by atoms with Gasteiger partial charge in [-0.25, -0.2) is 0 Å². The van der Waals surface area contributed by atoms with Gasteiger partial charge in [-0.3, -0.25) is 4.79 Å². The predicted octanol–water partition coefficient (Wildman–Crippen LogP) is 2.45. The third kappa shape index (κ3) is 6.38. The Bertz CT molecular complexity index is 299. The van der Waals surface area contributed by atoms with Gasteiger partial charge in [-0.05, 0) is 11.5 Å². The van der Waals surface area contributed by atoms with E-state index in [4.69, 9.17) is 4.74 Å². The second kappa shape index (κ2) is 6.24. The van der Waals surface area contributed by atoms with Crippen LogP contribution >= 0.6 is 0 Å². The molecular formula is C13H33NO2Si3. The standard InChI is InChI=1S/C13H33NO2Si3/c1-13(2,17)10-11(12(15)16-3)14(18(4,5)6)19(7,8)9/h11H,10H2,1-9,17H3. The SMILES string of the molecule is COC(=O)C(CC(C)(C)[SiH3])N([Si](C)(C)C)[Si](C)(C)C. The minimum Gasteiger partial charge on any atom is -0.468 e. The van der Waals surface area contributed by atoms with Gasteiger partial charge in [0.2, 0.25) is 0 Å². The van der Waals surface area contributed by atoms with Crippen molar-refractivity contribution in [1.82, 2.24) is 4.23 Å². The van der Waals surface area contributed by atoms with Crippen LogP contribution in [0.5, 0.6) is 0 Å². The fraction of sp³-hybridized carbons (Fsp3) is 0.923. The first kappa shape index (κ1) is 19.1. The van der Waals surface area contributed by atoms with Crippen molar-refractivity contribution in [1.29, 1.82) is 0 Å². The zero-order chi connectivity index (χ0) is 15.6. The van der Waals surface area contributed by atoms with Crippen LogP contribution in [0.2, 0.25) is 44.3 Å². The number of nitrogens with zero attached hydrogens (tertiary/aromatic N) is 1. The summed E-state index contributed by atoms with van der Waals surface area (Å²) in [6, 6.07) is -0.0594. The fourth-order valence-corrected chi connectivity index (χ4v) is 13.6. The number of carbonyl (C=O) groups is 1. The Balaban J connectivity index is 5.58. The highest BCUT2D eigenvalue weighted by atomic mass is 28.4. The molecule has 0 N–H and O–H groups in total. The molecule has 0 aliphatic heterocycles. The third-order valence-corrected chi connectivity index (χ3v) is 11.0. The molecule has 0 saturated heterocycles. The monoisotopic (exact) mass is 319 g/mol. The summed E-state index contributed by atoms with van der Waals surface area (Å²) in [5.41, 5.74) is 0. The molecule has 0 rings (SSSR count). The van der Waals surface area contributed by atoms with Crippen LogP contribution in [0.1, 0.15) is 20.3 Å².